The van der Waals surface area contributed by atoms with Gasteiger partial charge < -0.3 is 0 Å². The van der Waals surface area contributed by atoms with Crippen LogP contribution in [0.4, 0.5) is 0 Å². The van der Waals surface area contributed by atoms with E-state index in [1.807, 2.05) is 13.0 Å². The van der Waals surface area contributed by atoms with Gasteiger partial charge in [0.2, 0.25) is 0 Å². The number of rotatable bonds is 1. The first-order valence-corrected chi connectivity index (χ1v) is 4.11. The van der Waals surface area contributed by atoms with Crippen molar-refractivity contribution in [1.29, 1.82) is 0 Å². The third kappa shape index (κ3) is 2.19. The van der Waals surface area contributed by atoms with E-state index >= 15 is 0 Å². The molecule has 11 heavy (non-hydrogen) atoms. The van der Waals surface area contributed by atoms with E-state index in [1.165, 1.54) is 5.56 Å². The summed E-state index contributed by atoms with van der Waals surface area (Å²) in [5.74, 6) is 0.522. The Morgan fingerprint density at radius 2 is 2.00 bits per heavy atom. The molecule has 0 saturated carbocycles. The molecule has 0 aromatic carbocycles. The normalized spacial score (nSPS) is 10.6. The fraction of sp³-hybridized carbons (Fsp3) is 0.444. The van der Waals surface area contributed by atoms with Crippen molar-refractivity contribution in [3.8, 4) is 0 Å². The third-order valence-corrected chi connectivity index (χ3v) is 1.80. The van der Waals surface area contributed by atoms with Gasteiger partial charge in [-0.15, -0.1) is 0 Å². The minimum atomic E-state index is 0.522. The van der Waals surface area contributed by atoms with Crippen molar-refractivity contribution in [1.82, 2.24) is 4.98 Å². The van der Waals surface area contributed by atoms with Gasteiger partial charge in [0.25, 0.3) is 0 Å². The molecule has 0 amide bonds. The standard InChI is InChI=1S/C9H12ClN/c1-6(2)8-4-7(3)11-9(10)5-8/h4-6H,1-3H3. The lowest BCUT2D eigenvalue weighted by Gasteiger charge is -2.05. The first-order chi connectivity index (χ1) is 5.09. The highest BCUT2D eigenvalue weighted by Gasteiger charge is 2.01. The summed E-state index contributed by atoms with van der Waals surface area (Å²) in [4.78, 5) is 4.08. The van der Waals surface area contributed by atoms with Crippen LogP contribution in [0.5, 0.6) is 0 Å². The van der Waals surface area contributed by atoms with Crippen LogP contribution in [0.2, 0.25) is 5.15 Å². The number of halogens is 1. The molecule has 1 heterocycles. The zero-order valence-electron chi connectivity index (χ0n) is 7.06. The number of pyridine rings is 1. The summed E-state index contributed by atoms with van der Waals surface area (Å²) in [5, 5.41) is 0.591. The molecule has 0 aliphatic carbocycles. The highest BCUT2D eigenvalue weighted by Crippen LogP contribution is 2.18. The summed E-state index contributed by atoms with van der Waals surface area (Å²) in [5.41, 5.74) is 2.24. The van der Waals surface area contributed by atoms with Crippen LogP contribution in [0.25, 0.3) is 0 Å². The molecule has 0 saturated heterocycles. The molecule has 60 valence electrons. The van der Waals surface area contributed by atoms with Gasteiger partial charge >= 0.3 is 0 Å². The summed E-state index contributed by atoms with van der Waals surface area (Å²) in [6, 6.07) is 3.98. The highest BCUT2D eigenvalue weighted by molar-refractivity contribution is 6.29. The number of hydrogen-bond acceptors (Lipinski definition) is 1. The SMILES string of the molecule is Cc1cc(C(C)C)cc(Cl)n1. The van der Waals surface area contributed by atoms with Gasteiger partial charge in [-0.2, -0.15) is 0 Å². The van der Waals surface area contributed by atoms with E-state index in [-0.39, 0.29) is 0 Å². The predicted molar refractivity (Wildman–Crippen MR) is 48.1 cm³/mol. The Bertz CT molecular complexity index is 235. The Balaban J connectivity index is 3.08. The second-order valence-electron chi connectivity index (χ2n) is 3.02. The molecule has 1 rings (SSSR count). The van der Waals surface area contributed by atoms with Crippen LogP contribution >= 0.6 is 11.6 Å². The van der Waals surface area contributed by atoms with Crippen LogP contribution < -0.4 is 0 Å². The highest BCUT2D eigenvalue weighted by atomic mass is 35.5. The van der Waals surface area contributed by atoms with E-state index < -0.39 is 0 Å². The number of hydrogen-bond donors (Lipinski definition) is 0. The largest absolute Gasteiger partial charge is 0.241 e. The monoisotopic (exact) mass is 169 g/mol. The van der Waals surface area contributed by atoms with E-state index in [0.29, 0.717) is 11.1 Å². The van der Waals surface area contributed by atoms with Crippen molar-refractivity contribution >= 4 is 11.6 Å². The molecule has 0 fully saturated rings. The number of nitrogens with zero attached hydrogens (tertiary/aromatic N) is 1. The Kier molecular flexibility index (Phi) is 2.50. The predicted octanol–water partition coefficient (Wildman–Crippen LogP) is 3.17. The van der Waals surface area contributed by atoms with Crippen LogP contribution in [0.1, 0.15) is 31.0 Å². The maximum absolute atomic E-state index is 5.78. The van der Waals surface area contributed by atoms with Gasteiger partial charge in [0.1, 0.15) is 5.15 Å². The lowest BCUT2D eigenvalue weighted by atomic mass is 10.0. The molecular formula is C9H12ClN. The topological polar surface area (TPSA) is 12.9 Å². The Labute approximate surface area is 72.4 Å². The van der Waals surface area contributed by atoms with E-state index in [4.69, 9.17) is 11.6 Å². The van der Waals surface area contributed by atoms with E-state index in [0.717, 1.165) is 5.69 Å². The van der Waals surface area contributed by atoms with Crippen LogP contribution in [0.3, 0.4) is 0 Å². The molecule has 0 spiro atoms. The Hall–Kier alpha value is -0.560. The van der Waals surface area contributed by atoms with Gasteiger partial charge in [0.05, 0.1) is 0 Å². The third-order valence-electron chi connectivity index (χ3n) is 1.61. The molecule has 1 aromatic rings. The molecule has 0 unspecified atom stereocenters. The summed E-state index contributed by atoms with van der Waals surface area (Å²) in [7, 11) is 0. The molecular weight excluding hydrogens is 158 g/mol. The summed E-state index contributed by atoms with van der Waals surface area (Å²) < 4.78 is 0. The second-order valence-corrected chi connectivity index (χ2v) is 3.41. The van der Waals surface area contributed by atoms with Crippen molar-refractivity contribution in [3.63, 3.8) is 0 Å². The lowest BCUT2D eigenvalue weighted by Crippen LogP contribution is -1.90. The molecule has 0 bridgehead atoms. The first kappa shape index (κ1) is 8.54. The zero-order chi connectivity index (χ0) is 8.43. The second kappa shape index (κ2) is 3.22. The van der Waals surface area contributed by atoms with Gasteiger partial charge in [-0.25, -0.2) is 4.98 Å². The van der Waals surface area contributed by atoms with Crippen molar-refractivity contribution in [2.75, 3.05) is 0 Å². The van der Waals surface area contributed by atoms with E-state index in [2.05, 4.69) is 24.9 Å². The molecule has 1 nitrogen and oxygen atoms in total. The smallest absolute Gasteiger partial charge is 0.129 e. The average Bonchev–Trinajstić information content (AvgIpc) is 1.85. The lowest BCUT2D eigenvalue weighted by molar-refractivity contribution is 0.859. The summed E-state index contributed by atoms with van der Waals surface area (Å²) >= 11 is 5.78. The zero-order valence-corrected chi connectivity index (χ0v) is 7.81. The quantitative estimate of drug-likeness (QED) is 0.589. The van der Waals surface area contributed by atoms with Crippen LogP contribution in [-0.2, 0) is 0 Å². The fourth-order valence-electron chi connectivity index (χ4n) is 0.987. The number of aromatic nitrogens is 1. The van der Waals surface area contributed by atoms with Gasteiger partial charge in [0, 0.05) is 5.69 Å². The molecule has 0 N–H and O–H groups in total. The maximum atomic E-state index is 5.78. The van der Waals surface area contributed by atoms with Gasteiger partial charge in [-0.3, -0.25) is 0 Å². The van der Waals surface area contributed by atoms with Gasteiger partial charge in [-0.05, 0) is 30.5 Å². The van der Waals surface area contributed by atoms with Crippen LogP contribution in [-0.4, -0.2) is 4.98 Å². The molecule has 0 aliphatic rings. The number of aryl methyl sites for hydroxylation is 1. The van der Waals surface area contributed by atoms with E-state index in [9.17, 15) is 0 Å². The minimum absolute atomic E-state index is 0.522. The van der Waals surface area contributed by atoms with Crippen molar-refractivity contribution in [2.45, 2.75) is 26.7 Å². The Morgan fingerprint density at radius 1 is 1.36 bits per heavy atom. The van der Waals surface area contributed by atoms with Crippen molar-refractivity contribution < 1.29 is 0 Å². The molecule has 0 atom stereocenters. The minimum Gasteiger partial charge on any atom is -0.241 e. The van der Waals surface area contributed by atoms with Crippen LogP contribution in [0, 0.1) is 6.92 Å². The fourth-order valence-corrected chi connectivity index (χ4v) is 1.25. The maximum Gasteiger partial charge on any atom is 0.129 e. The van der Waals surface area contributed by atoms with Gasteiger partial charge in [-0.1, -0.05) is 25.4 Å². The summed E-state index contributed by atoms with van der Waals surface area (Å²) in [6.45, 7) is 6.24. The summed E-state index contributed by atoms with van der Waals surface area (Å²) in [6.07, 6.45) is 0. The molecule has 0 radical (unpaired) electrons. The van der Waals surface area contributed by atoms with Crippen molar-refractivity contribution in [3.05, 3.63) is 28.5 Å². The molecule has 2 heteroatoms. The van der Waals surface area contributed by atoms with E-state index in [1.54, 1.807) is 0 Å². The molecule has 0 aliphatic heterocycles. The molecule has 1 aromatic heterocycles. The van der Waals surface area contributed by atoms with Crippen LogP contribution in [0.15, 0.2) is 12.1 Å². The average molecular weight is 170 g/mol. The Morgan fingerprint density at radius 3 is 2.45 bits per heavy atom. The first-order valence-electron chi connectivity index (χ1n) is 3.73. The van der Waals surface area contributed by atoms with Gasteiger partial charge in [0.15, 0.2) is 0 Å². The van der Waals surface area contributed by atoms with Crippen molar-refractivity contribution in [2.24, 2.45) is 0 Å².